The molecule has 0 radical (unpaired) electrons. The molecular formula is C6H6F3N3. The van der Waals surface area contributed by atoms with Gasteiger partial charge in [0.25, 0.3) is 6.08 Å². The Kier molecular flexibility index (Phi) is 4.43. The van der Waals surface area contributed by atoms with Crippen molar-refractivity contribution in [3.63, 3.8) is 0 Å². The molecule has 1 N–H and O–H groups in total. The zero-order valence-electron chi connectivity index (χ0n) is 6.02. The number of rotatable bonds is 1. The van der Waals surface area contributed by atoms with Crippen LogP contribution in [0.15, 0.2) is 19.2 Å². The monoisotopic (exact) mass is 177 g/mol. The number of nitrogens with one attached hydrogen (secondary N) is 1. The largest absolute Gasteiger partial charge is 0.305 e. The fraction of sp³-hybridized carbons (Fsp3) is 0. The average molecular weight is 177 g/mol. The second-order valence-electron chi connectivity index (χ2n) is 1.42. The summed E-state index contributed by atoms with van der Waals surface area (Å²) in [6, 6.07) is 0. The summed E-state index contributed by atoms with van der Waals surface area (Å²) in [5.41, 5.74) is 0. The van der Waals surface area contributed by atoms with E-state index in [0.29, 0.717) is 6.08 Å². The van der Waals surface area contributed by atoms with Crippen molar-refractivity contribution in [3.8, 4) is 0 Å². The van der Waals surface area contributed by atoms with Gasteiger partial charge in [-0.15, -0.1) is 13.2 Å². The van der Waals surface area contributed by atoms with Gasteiger partial charge in [0.15, 0.2) is 5.82 Å². The Labute approximate surface area is 66.6 Å². The van der Waals surface area contributed by atoms with Gasteiger partial charge in [-0.1, -0.05) is 0 Å². The van der Waals surface area contributed by atoms with Crippen molar-refractivity contribution in [1.82, 2.24) is 15.2 Å². The molecule has 0 unspecified atom stereocenters. The molecule has 3 nitrogen and oxygen atoms in total. The quantitative estimate of drug-likeness (QED) is 0.666. The van der Waals surface area contributed by atoms with Crippen molar-refractivity contribution in [3.05, 3.63) is 31.1 Å². The van der Waals surface area contributed by atoms with E-state index in [9.17, 15) is 13.2 Å². The minimum atomic E-state index is -1.96. The first-order chi connectivity index (χ1) is 5.68. The van der Waals surface area contributed by atoms with Gasteiger partial charge in [-0.2, -0.15) is 23.3 Å². The maximum Gasteiger partial charge on any atom is 0.305 e. The smallest absolute Gasteiger partial charge is 0.235 e. The van der Waals surface area contributed by atoms with Crippen LogP contribution in [0.25, 0.3) is 6.08 Å². The lowest BCUT2D eigenvalue weighted by Crippen LogP contribution is -1.74. The van der Waals surface area contributed by atoms with Gasteiger partial charge in [0, 0.05) is 0 Å². The number of hydrogen-bond acceptors (Lipinski definition) is 2. The van der Waals surface area contributed by atoms with Crippen molar-refractivity contribution in [2.75, 3.05) is 0 Å². The standard InChI is InChI=1S/C4H2F3N3.C2H4/c5-2(6)1-3-8-4(7)10-9-3;1-2/h1H,(H,8,9,10);1-2H2. The lowest BCUT2D eigenvalue weighted by Gasteiger charge is -1.74. The van der Waals surface area contributed by atoms with Gasteiger partial charge in [0.2, 0.25) is 0 Å². The summed E-state index contributed by atoms with van der Waals surface area (Å²) in [4.78, 5) is 2.96. The van der Waals surface area contributed by atoms with Crippen molar-refractivity contribution < 1.29 is 13.2 Å². The van der Waals surface area contributed by atoms with E-state index in [2.05, 4.69) is 23.2 Å². The minimum absolute atomic E-state index is 0.361. The summed E-state index contributed by atoms with van der Waals surface area (Å²) in [6.07, 6.45) is -2.58. The maximum atomic E-state index is 11.9. The van der Waals surface area contributed by atoms with E-state index in [1.165, 1.54) is 0 Å². The van der Waals surface area contributed by atoms with Crippen LogP contribution >= 0.6 is 0 Å². The number of hydrogen-bond donors (Lipinski definition) is 1. The number of aromatic amines is 1. The van der Waals surface area contributed by atoms with Gasteiger partial charge >= 0.3 is 6.08 Å². The first kappa shape index (κ1) is 10.4. The molecule has 0 atom stereocenters. The van der Waals surface area contributed by atoms with E-state index in [4.69, 9.17) is 0 Å². The molecule has 0 aliphatic carbocycles. The summed E-state index contributed by atoms with van der Waals surface area (Å²) >= 11 is 0. The lowest BCUT2D eigenvalue weighted by atomic mass is 10.6. The first-order valence-corrected chi connectivity index (χ1v) is 2.79. The highest BCUT2D eigenvalue weighted by Crippen LogP contribution is 2.02. The fourth-order valence-electron chi connectivity index (χ4n) is 0.416. The van der Waals surface area contributed by atoms with Gasteiger partial charge in [-0.3, -0.25) is 0 Å². The van der Waals surface area contributed by atoms with Crippen LogP contribution in [-0.4, -0.2) is 15.2 Å². The molecule has 1 rings (SSSR count). The van der Waals surface area contributed by atoms with Gasteiger partial charge < -0.3 is 0 Å². The van der Waals surface area contributed by atoms with Crippen LogP contribution < -0.4 is 0 Å². The molecule has 0 spiro atoms. The summed E-state index contributed by atoms with van der Waals surface area (Å²) in [7, 11) is 0. The normalized spacial score (nSPS) is 8.25. The van der Waals surface area contributed by atoms with Crippen molar-refractivity contribution in [2.24, 2.45) is 0 Å². The molecule has 0 aromatic carbocycles. The van der Waals surface area contributed by atoms with Crippen LogP contribution in [-0.2, 0) is 0 Å². The van der Waals surface area contributed by atoms with Crippen LogP contribution in [0.3, 0.4) is 0 Å². The molecule has 0 saturated heterocycles. The topological polar surface area (TPSA) is 41.6 Å². The Morgan fingerprint density at radius 3 is 2.33 bits per heavy atom. The molecule has 0 fully saturated rings. The molecule has 0 saturated carbocycles. The Hall–Kier alpha value is -1.59. The second-order valence-corrected chi connectivity index (χ2v) is 1.42. The van der Waals surface area contributed by atoms with E-state index in [-0.39, 0.29) is 5.82 Å². The maximum absolute atomic E-state index is 11.9. The molecule has 6 heteroatoms. The highest BCUT2D eigenvalue weighted by atomic mass is 19.3. The first-order valence-electron chi connectivity index (χ1n) is 2.79. The molecule has 12 heavy (non-hydrogen) atoms. The van der Waals surface area contributed by atoms with E-state index >= 15 is 0 Å². The summed E-state index contributed by atoms with van der Waals surface area (Å²) in [5.74, 6) is -0.363. The molecule has 1 aromatic rings. The van der Waals surface area contributed by atoms with Crippen LogP contribution in [0.1, 0.15) is 5.82 Å². The van der Waals surface area contributed by atoms with E-state index < -0.39 is 12.2 Å². The fourth-order valence-corrected chi connectivity index (χ4v) is 0.416. The summed E-state index contributed by atoms with van der Waals surface area (Å²) in [5, 5.41) is 4.86. The highest BCUT2D eigenvalue weighted by Gasteiger charge is 1.99. The van der Waals surface area contributed by atoms with E-state index in [1.807, 2.05) is 0 Å². The van der Waals surface area contributed by atoms with Gasteiger partial charge in [-0.25, -0.2) is 5.10 Å². The highest BCUT2D eigenvalue weighted by molar-refractivity contribution is 5.38. The van der Waals surface area contributed by atoms with Crippen LogP contribution in [0.2, 0.25) is 0 Å². The number of halogens is 3. The van der Waals surface area contributed by atoms with Crippen LogP contribution in [0.5, 0.6) is 0 Å². The Balaban J connectivity index is 0.000000561. The Bertz CT molecular complexity index is 265. The van der Waals surface area contributed by atoms with E-state index in [1.54, 1.807) is 5.10 Å². The SMILES string of the molecule is C=C.FC(F)=Cc1n[nH]c(F)n1. The molecular weight excluding hydrogens is 171 g/mol. The number of H-pyrrole nitrogens is 1. The van der Waals surface area contributed by atoms with Crippen molar-refractivity contribution in [1.29, 1.82) is 0 Å². The second kappa shape index (κ2) is 5.11. The zero-order valence-corrected chi connectivity index (χ0v) is 6.02. The third-order valence-electron chi connectivity index (χ3n) is 0.714. The third-order valence-corrected chi connectivity index (χ3v) is 0.714. The van der Waals surface area contributed by atoms with Crippen LogP contribution in [0, 0.1) is 6.08 Å². The minimum Gasteiger partial charge on any atom is -0.235 e. The Morgan fingerprint density at radius 2 is 2.00 bits per heavy atom. The predicted octanol–water partition coefficient (Wildman–Crippen LogP) is 1.98. The molecule has 0 aliphatic rings. The van der Waals surface area contributed by atoms with Crippen molar-refractivity contribution >= 4 is 6.08 Å². The summed E-state index contributed by atoms with van der Waals surface area (Å²) < 4.78 is 34.6. The molecule has 0 aliphatic heterocycles. The zero-order chi connectivity index (χ0) is 9.56. The van der Waals surface area contributed by atoms with Crippen molar-refractivity contribution in [2.45, 2.75) is 0 Å². The lowest BCUT2D eigenvalue weighted by molar-refractivity contribution is 0.429. The van der Waals surface area contributed by atoms with Gasteiger partial charge in [-0.05, 0) is 0 Å². The molecule has 66 valence electrons. The molecule has 0 bridgehead atoms. The average Bonchev–Trinajstić information content (AvgIpc) is 2.39. The number of nitrogens with zero attached hydrogens (tertiary/aromatic N) is 2. The third kappa shape index (κ3) is 3.55. The van der Waals surface area contributed by atoms with Crippen LogP contribution in [0.4, 0.5) is 13.2 Å². The van der Waals surface area contributed by atoms with Gasteiger partial charge in [0.1, 0.15) is 0 Å². The Morgan fingerprint density at radius 1 is 1.42 bits per heavy atom. The number of aromatic nitrogens is 3. The molecule has 1 heterocycles. The van der Waals surface area contributed by atoms with Gasteiger partial charge in [0.05, 0.1) is 6.08 Å². The molecule has 0 amide bonds. The molecule has 1 aromatic heterocycles. The van der Waals surface area contributed by atoms with E-state index in [0.717, 1.165) is 0 Å². The summed E-state index contributed by atoms with van der Waals surface area (Å²) in [6.45, 7) is 6.00. The predicted molar refractivity (Wildman–Crippen MR) is 37.8 cm³/mol.